The number of nitrogens with one attached hydrogen (secondary N) is 1. The van der Waals surface area contributed by atoms with Gasteiger partial charge in [-0.05, 0) is 36.8 Å². The van der Waals surface area contributed by atoms with E-state index in [-0.39, 0.29) is 11.4 Å². The van der Waals surface area contributed by atoms with Crippen LogP contribution in [0.1, 0.15) is 5.56 Å². The minimum absolute atomic E-state index is 0.204. The van der Waals surface area contributed by atoms with E-state index in [2.05, 4.69) is 15.0 Å². The molecule has 118 valence electrons. The predicted molar refractivity (Wildman–Crippen MR) is 82.9 cm³/mol. The van der Waals surface area contributed by atoms with Crippen LogP contribution in [0.3, 0.4) is 0 Å². The molecule has 0 aliphatic carbocycles. The van der Waals surface area contributed by atoms with E-state index in [1.165, 1.54) is 18.2 Å². The van der Waals surface area contributed by atoms with Gasteiger partial charge in [0.2, 0.25) is 0 Å². The average molecular weight is 318 g/mol. The fraction of sp³-hybridized carbons (Fsp3) is 0.118. The van der Waals surface area contributed by atoms with Crippen molar-refractivity contribution in [2.45, 2.75) is 13.3 Å². The maximum absolute atomic E-state index is 12.5. The number of hydrogen-bond donors (Lipinski definition) is 1. The molecule has 0 aliphatic heterocycles. The highest BCUT2D eigenvalue weighted by atomic mass is 19.4. The van der Waals surface area contributed by atoms with Crippen LogP contribution in [-0.4, -0.2) is 11.3 Å². The van der Waals surface area contributed by atoms with E-state index in [0.29, 0.717) is 5.82 Å². The summed E-state index contributed by atoms with van der Waals surface area (Å²) in [6, 6.07) is 15.3. The molecule has 3 aromatic rings. The van der Waals surface area contributed by atoms with Crippen LogP contribution in [0, 0.1) is 6.92 Å². The van der Waals surface area contributed by atoms with Crippen molar-refractivity contribution in [3.05, 3.63) is 60.2 Å². The number of fused-ring (bicyclic) bond motifs is 1. The summed E-state index contributed by atoms with van der Waals surface area (Å²) in [4.78, 5) is 4.46. The molecule has 23 heavy (non-hydrogen) atoms. The van der Waals surface area contributed by atoms with Crippen molar-refractivity contribution < 1.29 is 17.9 Å². The summed E-state index contributed by atoms with van der Waals surface area (Å²) in [5.41, 5.74) is 1.79. The van der Waals surface area contributed by atoms with Crippen molar-refractivity contribution in [2.75, 3.05) is 5.32 Å². The highest BCUT2D eigenvalue weighted by Crippen LogP contribution is 2.32. The number of para-hydroxylation sites is 3. The third-order valence-corrected chi connectivity index (χ3v) is 3.28. The zero-order valence-corrected chi connectivity index (χ0v) is 12.2. The Kier molecular flexibility index (Phi) is 3.82. The van der Waals surface area contributed by atoms with E-state index in [1.54, 1.807) is 6.07 Å². The van der Waals surface area contributed by atoms with Crippen molar-refractivity contribution >= 4 is 22.4 Å². The minimum atomic E-state index is -4.75. The molecule has 0 unspecified atom stereocenters. The van der Waals surface area contributed by atoms with Crippen molar-refractivity contribution in [3.63, 3.8) is 0 Å². The van der Waals surface area contributed by atoms with Crippen molar-refractivity contribution in [2.24, 2.45) is 0 Å². The summed E-state index contributed by atoms with van der Waals surface area (Å²) in [6.45, 7) is 1.84. The second-order valence-electron chi connectivity index (χ2n) is 5.02. The molecular weight excluding hydrogens is 305 g/mol. The fourth-order valence-electron chi connectivity index (χ4n) is 2.26. The lowest BCUT2D eigenvalue weighted by Crippen LogP contribution is -2.18. The number of aryl methyl sites for hydroxylation is 1. The number of alkyl halides is 3. The van der Waals surface area contributed by atoms with Gasteiger partial charge in [0.1, 0.15) is 5.82 Å². The van der Waals surface area contributed by atoms with Gasteiger partial charge in [-0.15, -0.1) is 13.2 Å². The summed E-state index contributed by atoms with van der Waals surface area (Å²) >= 11 is 0. The lowest BCUT2D eigenvalue weighted by atomic mass is 10.1. The summed E-state index contributed by atoms with van der Waals surface area (Å²) in [7, 11) is 0. The number of rotatable bonds is 3. The number of ether oxygens (including phenoxy) is 1. The van der Waals surface area contributed by atoms with Gasteiger partial charge in [0.15, 0.2) is 5.75 Å². The number of aromatic nitrogens is 1. The summed E-state index contributed by atoms with van der Waals surface area (Å²) in [5.74, 6) is 0.191. The molecule has 0 saturated heterocycles. The van der Waals surface area contributed by atoms with Crippen LogP contribution in [-0.2, 0) is 0 Å². The third-order valence-electron chi connectivity index (χ3n) is 3.28. The zero-order chi connectivity index (χ0) is 16.4. The van der Waals surface area contributed by atoms with Gasteiger partial charge in [-0.1, -0.05) is 30.3 Å². The Balaban J connectivity index is 1.98. The lowest BCUT2D eigenvalue weighted by Gasteiger charge is -2.15. The van der Waals surface area contributed by atoms with Crippen molar-refractivity contribution in [3.8, 4) is 5.75 Å². The van der Waals surface area contributed by atoms with Crippen LogP contribution < -0.4 is 10.1 Å². The summed E-state index contributed by atoms with van der Waals surface area (Å²) in [6.07, 6.45) is -4.75. The van der Waals surface area contributed by atoms with Gasteiger partial charge in [0.05, 0.1) is 11.2 Å². The molecule has 0 atom stereocenters. The van der Waals surface area contributed by atoms with Gasteiger partial charge >= 0.3 is 6.36 Å². The molecule has 0 bridgehead atoms. The van der Waals surface area contributed by atoms with Crippen molar-refractivity contribution in [1.82, 2.24) is 4.98 Å². The molecule has 0 radical (unpaired) electrons. The van der Waals surface area contributed by atoms with Crippen LogP contribution in [0.2, 0.25) is 0 Å². The van der Waals surface area contributed by atoms with E-state index < -0.39 is 6.36 Å². The van der Waals surface area contributed by atoms with Crippen molar-refractivity contribution in [1.29, 1.82) is 0 Å². The zero-order valence-electron chi connectivity index (χ0n) is 12.2. The Morgan fingerprint density at radius 3 is 2.48 bits per heavy atom. The molecule has 3 rings (SSSR count). The highest BCUT2D eigenvalue weighted by Gasteiger charge is 2.32. The first-order valence-corrected chi connectivity index (χ1v) is 6.90. The van der Waals surface area contributed by atoms with Crippen LogP contribution >= 0.6 is 0 Å². The van der Waals surface area contributed by atoms with E-state index in [4.69, 9.17) is 0 Å². The van der Waals surface area contributed by atoms with Gasteiger partial charge in [-0.2, -0.15) is 0 Å². The molecule has 3 nitrogen and oxygen atoms in total. The number of benzene rings is 2. The summed E-state index contributed by atoms with van der Waals surface area (Å²) in [5, 5.41) is 3.89. The topological polar surface area (TPSA) is 34.2 Å². The number of halogens is 3. The number of anilines is 2. The first-order chi connectivity index (χ1) is 10.9. The molecule has 0 spiro atoms. The van der Waals surface area contributed by atoms with Gasteiger partial charge in [-0.25, -0.2) is 4.98 Å². The molecule has 0 amide bonds. The lowest BCUT2D eigenvalue weighted by molar-refractivity contribution is -0.274. The second kappa shape index (κ2) is 5.79. The SMILES string of the molecule is Cc1cc2ccccc2nc1Nc1ccccc1OC(F)(F)F. The maximum Gasteiger partial charge on any atom is 0.573 e. The van der Waals surface area contributed by atoms with Gasteiger partial charge in [0, 0.05) is 5.39 Å². The van der Waals surface area contributed by atoms with Crippen LogP contribution in [0.5, 0.6) is 5.75 Å². The molecule has 1 heterocycles. The largest absolute Gasteiger partial charge is 0.573 e. The van der Waals surface area contributed by atoms with E-state index in [9.17, 15) is 13.2 Å². The molecule has 6 heteroatoms. The van der Waals surface area contributed by atoms with Gasteiger partial charge in [-0.3, -0.25) is 0 Å². The third kappa shape index (κ3) is 3.53. The first-order valence-electron chi connectivity index (χ1n) is 6.90. The molecule has 1 aromatic heterocycles. The molecule has 0 aliphatic rings. The van der Waals surface area contributed by atoms with Crippen LogP contribution in [0.4, 0.5) is 24.7 Å². The van der Waals surface area contributed by atoms with Gasteiger partial charge < -0.3 is 10.1 Å². The molecule has 0 saturated carbocycles. The molecule has 0 fully saturated rings. The Bertz CT molecular complexity index is 847. The number of pyridine rings is 1. The summed E-state index contributed by atoms with van der Waals surface area (Å²) < 4.78 is 41.5. The van der Waals surface area contributed by atoms with Crippen LogP contribution in [0.25, 0.3) is 10.9 Å². The molecule has 2 aromatic carbocycles. The number of nitrogens with zero attached hydrogens (tertiary/aromatic N) is 1. The molecular formula is C17H13F3N2O. The standard InChI is InChI=1S/C17H13F3N2O/c1-11-10-12-6-2-3-7-13(12)21-16(11)22-14-8-4-5-9-15(14)23-17(18,19)20/h2-10H,1H3,(H,21,22). The monoisotopic (exact) mass is 318 g/mol. The van der Waals surface area contributed by atoms with E-state index >= 15 is 0 Å². The number of hydrogen-bond acceptors (Lipinski definition) is 3. The Labute approximate surface area is 130 Å². The quantitative estimate of drug-likeness (QED) is 0.722. The van der Waals surface area contributed by atoms with E-state index in [0.717, 1.165) is 16.5 Å². The fourth-order valence-corrected chi connectivity index (χ4v) is 2.26. The Morgan fingerprint density at radius 2 is 1.70 bits per heavy atom. The first kappa shape index (κ1) is 15.1. The van der Waals surface area contributed by atoms with Crippen LogP contribution in [0.15, 0.2) is 54.6 Å². The smallest absolute Gasteiger partial charge is 0.404 e. The predicted octanol–water partition coefficient (Wildman–Crippen LogP) is 5.19. The van der Waals surface area contributed by atoms with E-state index in [1.807, 2.05) is 37.3 Å². The Hall–Kier alpha value is -2.76. The average Bonchev–Trinajstić information content (AvgIpc) is 2.48. The maximum atomic E-state index is 12.5. The molecule has 1 N–H and O–H groups in total. The Morgan fingerprint density at radius 1 is 1.00 bits per heavy atom. The van der Waals surface area contributed by atoms with Gasteiger partial charge in [0.25, 0.3) is 0 Å². The second-order valence-corrected chi connectivity index (χ2v) is 5.02. The normalized spacial score (nSPS) is 11.5. The highest BCUT2D eigenvalue weighted by molar-refractivity contribution is 5.82. The minimum Gasteiger partial charge on any atom is -0.404 e.